The maximum absolute atomic E-state index is 12.0. The summed E-state index contributed by atoms with van der Waals surface area (Å²) in [5.41, 5.74) is 2.29. The third-order valence-electron chi connectivity index (χ3n) is 5.21. The lowest BCUT2D eigenvalue weighted by molar-refractivity contribution is -0.0643. The van der Waals surface area contributed by atoms with Crippen LogP contribution in [0, 0.1) is 0 Å². The van der Waals surface area contributed by atoms with Gasteiger partial charge in [0.05, 0.1) is 13.2 Å². The summed E-state index contributed by atoms with van der Waals surface area (Å²) in [4.78, 5) is 12.0. The van der Waals surface area contributed by atoms with Crippen molar-refractivity contribution in [2.75, 3.05) is 19.8 Å². The van der Waals surface area contributed by atoms with Crippen molar-refractivity contribution in [2.24, 2.45) is 0 Å². The summed E-state index contributed by atoms with van der Waals surface area (Å²) in [5, 5.41) is 2.92. The molecule has 1 heterocycles. The van der Waals surface area contributed by atoms with Gasteiger partial charge in [0.15, 0.2) is 6.29 Å². The lowest BCUT2D eigenvalue weighted by atomic mass is 9.66. The Morgan fingerprint density at radius 2 is 2.00 bits per heavy atom. The van der Waals surface area contributed by atoms with Crippen molar-refractivity contribution in [3.63, 3.8) is 0 Å². The van der Waals surface area contributed by atoms with Crippen LogP contribution in [0.25, 0.3) is 0 Å². The van der Waals surface area contributed by atoms with Crippen LogP contribution in [0.3, 0.4) is 0 Å². The first-order chi connectivity index (χ1) is 12.4. The number of nitrogens with one attached hydrogen (secondary N) is 1. The van der Waals surface area contributed by atoms with Gasteiger partial charge in [-0.3, -0.25) is 0 Å². The maximum Gasteiger partial charge on any atom is 0.407 e. The first-order valence-corrected chi connectivity index (χ1v) is 9.66. The van der Waals surface area contributed by atoms with E-state index in [1.165, 1.54) is 11.1 Å². The van der Waals surface area contributed by atoms with E-state index in [4.69, 9.17) is 14.2 Å². The number of ether oxygens (including phenoxy) is 3. The molecule has 1 aliphatic carbocycles. The fourth-order valence-corrected chi connectivity index (χ4v) is 4.14. The molecule has 0 spiro atoms. The van der Waals surface area contributed by atoms with E-state index in [0.717, 1.165) is 32.1 Å². The van der Waals surface area contributed by atoms with Crippen molar-refractivity contribution >= 4 is 6.09 Å². The Morgan fingerprint density at radius 3 is 2.73 bits per heavy atom. The topological polar surface area (TPSA) is 56.8 Å². The van der Waals surface area contributed by atoms with Gasteiger partial charge in [-0.1, -0.05) is 24.3 Å². The molecule has 5 heteroatoms. The molecule has 1 unspecified atom stereocenters. The second-order valence-electron chi connectivity index (χ2n) is 8.34. The van der Waals surface area contributed by atoms with Gasteiger partial charge < -0.3 is 19.5 Å². The standard InChI is InChI=1S/C21H31NO4/c1-20(2,3)26-19(23)22-12-11-21(15-18-24-13-14-25-18)10-6-8-16-7-4-5-9-17(16)21/h4-5,7,9,18H,6,8,10-15H2,1-3H3,(H,22,23). The van der Waals surface area contributed by atoms with Crippen LogP contribution in [0.2, 0.25) is 0 Å². The SMILES string of the molecule is CC(C)(C)OC(=O)NCCC1(CC2OCCO2)CCCc2ccccc21. The summed E-state index contributed by atoms with van der Waals surface area (Å²) < 4.78 is 16.9. The molecule has 1 fully saturated rings. The number of amides is 1. The van der Waals surface area contributed by atoms with Gasteiger partial charge >= 0.3 is 6.09 Å². The van der Waals surface area contributed by atoms with Gasteiger partial charge in [0, 0.05) is 18.4 Å². The zero-order valence-corrected chi connectivity index (χ0v) is 16.2. The quantitative estimate of drug-likeness (QED) is 0.863. The molecule has 2 aliphatic rings. The summed E-state index contributed by atoms with van der Waals surface area (Å²) in [5.74, 6) is 0. The average molecular weight is 361 g/mol. The summed E-state index contributed by atoms with van der Waals surface area (Å²) in [7, 11) is 0. The van der Waals surface area contributed by atoms with E-state index in [-0.39, 0.29) is 17.8 Å². The second-order valence-corrected chi connectivity index (χ2v) is 8.34. The first-order valence-electron chi connectivity index (χ1n) is 9.66. The van der Waals surface area contributed by atoms with E-state index in [0.29, 0.717) is 19.8 Å². The Kier molecular flexibility index (Phi) is 5.88. The maximum atomic E-state index is 12.0. The number of aryl methyl sites for hydroxylation is 1. The minimum atomic E-state index is -0.481. The molecule has 1 N–H and O–H groups in total. The lowest BCUT2D eigenvalue weighted by Crippen LogP contribution is -2.40. The summed E-state index contributed by atoms with van der Waals surface area (Å²) in [6.45, 7) is 7.54. The Labute approximate surface area is 156 Å². The molecule has 1 saturated heterocycles. The smallest absolute Gasteiger partial charge is 0.407 e. The molecular formula is C21H31NO4. The van der Waals surface area contributed by atoms with E-state index in [1.54, 1.807) is 0 Å². The molecule has 0 aromatic heterocycles. The summed E-state index contributed by atoms with van der Waals surface area (Å²) in [6, 6.07) is 8.67. The number of hydrogen-bond donors (Lipinski definition) is 1. The molecule has 5 nitrogen and oxygen atoms in total. The van der Waals surface area contributed by atoms with Gasteiger partial charge in [0.25, 0.3) is 0 Å². The number of fused-ring (bicyclic) bond motifs is 1. The van der Waals surface area contributed by atoms with Crippen LogP contribution in [-0.2, 0) is 26.0 Å². The van der Waals surface area contributed by atoms with E-state index < -0.39 is 5.60 Å². The van der Waals surface area contributed by atoms with Crippen molar-refractivity contribution < 1.29 is 19.0 Å². The van der Waals surface area contributed by atoms with Gasteiger partial charge in [-0.2, -0.15) is 0 Å². The highest BCUT2D eigenvalue weighted by Gasteiger charge is 2.39. The molecule has 3 rings (SSSR count). The normalized spacial score (nSPS) is 23.5. The van der Waals surface area contributed by atoms with E-state index >= 15 is 0 Å². The predicted molar refractivity (Wildman–Crippen MR) is 100 cm³/mol. The number of benzene rings is 1. The van der Waals surface area contributed by atoms with Crippen LogP contribution in [0.5, 0.6) is 0 Å². The largest absolute Gasteiger partial charge is 0.444 e. The fraction of sp³-hybridized carbons (Fsp3) is 0.667. The highest BCUT2D eigenvalue weighted by Crippen LogP contribution is 2.44. The number of alkyl carbamates (subject to hydrolysis) is 1. The zero-order valence-electron chi connectivity index (χ0n) is 16.2. The van der Waals surface area contributed by atoms with Crippen molar-refractivity contribution in [3.8, 4) is 0 Å². The number of rotatable bonds is 5. The fourth-order valence-electron chi connectivity index (χ4n) is 4.14. The molecule has 144 valence electrons. The van der Waals surface area contributed by atoms with Crippen LogP contribution in [0.15, 0.2) is 24.3 Å². The van der Waals surface area contributed by atoms with Gasteiger partial charge in [0.2, 0.25) is 0 Å². The van der Waals surface area contributed by atoms with Crippen LogP contribution in [0.1, 0.15) is 57.6 Å². The molecule has 0 bridgehead atoms. The highest BCUT2D eigenvalue weighted by atomic mass is 16.7. The van der Waals surface area contributed by atoms with Crippen LogP contribution >= 0.6 is 0 Å². The Morgan fingerprint density at radius 1 is 1.27 bits per heavy atom. The van der Waals surface area contributed by atoms with Crippen LogP contribution in [0.4, 0.5) is 4.79 Å². The Hall–Kier alpha value is -1.59. The third kappa shape index (κ3) is 4.77. The summed E-state index contributed by atoms with van der Waals surface area (Å²) in [6.07, 6.45) is 4.53. The molecule has 0 saturated carbocycles. The first kappa shape index (κ1) is 19.2. The van der Waals surface area contributed by atoms with Crippen molar-refractivity contribution in [2.45, 2.75) is 70.2 Å². The molecule has 0 radical (unpaired) electrons. The van der Waals surface area contributed by atoms with Crippen LogP contribution < -0.4 is 5.32 Å². The van der Waals surface area contributed by atoms with Crippen molar-refractivity contribution in [3.05, 3.63) is 35.4 Å². The molecule has 1 aromatic rings. The molecular weight excluding hydrogens is 330 g/mol. The molecule has 1 atom stereocenters. The molecule has 1 amide bonds. The van der Waals surface area contributed by atoms with E-state index in [9.17, 15) is 4.79 Å². The zero-order chi connectivity index (χ0) is 18.6. The Bertz CT molecular complexity index is 619. The average Bonchev–Trinajstić information content (AvgIpc) is 3.06. The third-order valence-corrected chi connectivity index (χ3v) is 5.21. The molecule has 1 aliphatic heterocycles. The van der Waals surface area contributed by atoms with Crippen LogP contribution in [-0.4, -0.2) is 37.7 Å². The summed E-state index contributed by atoms with van der Waals surface area (Å²) >= 11 is 0. The van der Waals surface area contributed by atoms with Gasteiger partial charge in [0.1, 0.15) is 5.60 Å². The lowest BCUT2D eigenvalue weighted by Gasteiger charge is -2.40. The minimum absolute atomic E-state index is 0.0289. The highest BCUT2D eigenvalue weighted by molar-refractivity contribution is 5.67. The molecule has 1 aromatic carbocycles. The monoisotopic (exact) mass is 361 g/mol. The van der Waals surface area contributed by atoms with Crippen molar-refractivity contribution in [1.82, 2.24) is 5.32 Å². The van der Waals surface area contributed by atoms with E-state index in [1.807, 2.05) is 20.8 Å². The Balaban J connectivity index is 1.71. The van der Waals surface area contributed by atoms with Gasteiger partial charge in [-0.15, -0.1) is 0 Å². The molecule has 26 heavy (non-hydrogen) atoms. The number of carbonyl (C=O) groups is 1. The van der Waals surface area contributed by atoms with E-state index in [2.05, 4.69) is 29.6 Å². The van der Waals surface area contributed by atoms with Gasteiger partial charge in [-0.25, -0.2) is 4.79 Å². The second kappa shape index (κ2) is 7.97. The van der Waals surface area contributed by atoms with Crippen molar-refractivity contribution in [1.29, 1.82) is 0 Å². The number of carbonyl (C=O) groups excluding carboxylic acids is 1. The number of hydrogen-bond acceptors (Lipinski definition) is 4. The minimum Gasteiger partial charge on any atom is -0.444 e. The van der Waals surface area contributed by atoms with Gasteiger partial charge in [-0.05, 0) is 57.6 Å². The predicted octanol–water partition coefficient (Wildman–Crippen LogP) is 3.94.